The molecule has 14 heavy (non-hydrogen) atoms. The molecule has 1 saturated heterocycles. The molecule has 0 aliphatic carbocycles. The SMILES string of the molecule is O=C(CCCCl)NCC1CCSCC1. The Bertz CT molecular complexity index is 172. The predicted octanol–water partition coefficient (Wildman–Crippen LogP) is 2.26. The van der Waals surface area contributed by atoms with Gasteiger partial charge in [0.05, 0.1) is 0 Å². The van der Waals surface area contributed by atoms with Gasteiger partial charge in [-0.05, 0) is 36.7 Å². The van der Waals surface area contributed by atoms with Crippen molar-refractivity contribution in [2.75, 3.05) is 23.9 Å². The lowest BCUT2D eigenvalue weighted by molar-refractivity contribution is -0.121. The lowest BCUT2D eigenvalue weighted by atomic mass is 10.0. The van der Waals surface area contributed by atoms with Gasteiger partial charge in [-0.2, -0.15) is 11.8 Å². The third-order valence-electron chi connectivity index (χ3n) is 2.47. The van der Waals surface area contributed by atoms with E-state index in [-0.39, 0.29) is 5.91 Å². The monoisotopic (exact) mass is 235 g/mol. The number of alkyl halides is 1. The molecule has 1 N–H and O–H groups in total. The van der Waals surface area contributed by atoms with Gasteiger partial charge in [-0.1, -0.05) is 0 Å². The lowest BCUT2D eigenvalue weighted by Gasteiger charge is -2.21. The Morgan fingerprint density at radius 2 is 2.14 bits per heavy atom. The third kappa shape index (κ3) is 5.11. The Labute approximate surface area is 95.2 Å². The van der Waals surface area contributed by atoms with Crippen LogP contribution in [-0.2, 0) is 4.79 Å². The molecule has 1 fully saturated rings. The molecule has 0 aromatic rings. The van der Waals surface area contributed by atoms with Crippen LogP contribution in [0.2, 0.25) is 0 Å². The van der Waals surface area contributed by atoms with Gasteiger partial charge in [0.15, 0.2) is 0 Å². The van der Waals surface area contributed by atoms with E-state index in [1.165, 1.54) is 24.3 Å². The Kier molecular flexibility index (Phi) is 6.45. The van der Waals surface area contributed by atoms with Crippen molar-refractivity contribution in [2.24, 2.45) is 5.92 Å². The highest BCUT2D eigenvalue weighted by atomic mass is 35.5. The maximum atomic E-state index is 11.3. The second-order valence-electron chi connectivity index (χ2n) is 3.65. The van der Waals surface area contributed by atoms with Crippen molar-refractivity contribution in [3.8, 4) is 0 Å². The zero-order chi connectivity index (χ0) is 10.2. The largest absolute Gasteiger partial charge is 0.356 e. The molecule has 0 atom stereocenters. The van der Waals surface area contributed by atoms with Crippen LogP contribution >= 0.6 is 23.4 Å². The third-order valence-corrected chi connectivity index (χ3v) is 3.78. The molecule has 1 rings (SSSR count). The number of carbonyl (C=O) groups excluding carboxylic acids is 1. The van der Waals surface area contributed by atoms with Gasteiger partial charge in [0.1, 0.15) is 0 Å². The van der Waals surface area contributed by atoms with E-state index in [9.17, 15) is 4.79 Å². The standard InChI is InChI=1S/C10H18ClNOS/c11-5-1-2-10(13)12-8-9-3-6-14-7-4-9/h9H,1-8H2,(H,12,13). The zero-order valence-electron chi connectivity index (χ0n) is 8.43. The number of hydrogen-bond acceptors (Lipinski definition) is 2. The molecule has 2 nitrogen and oxygen atoms in total. The number of nitrogens with one attached hydrogen (secondary N) is 1. The summed E-state index contributed by atoms with van der Waals surface area (Å²) in [7, 11) is 0. The van der Waals surface area contributed by atoms with Crippen molar-refractivity contribution < 1.29 is 4.79 Å². The summed E-state index contributed by atoms with van der Waals surface area (Å²) >= 11 is 7.53. The Balaban J connectivity index is 2.03. The first-order valence-electron chi connectivity index (χ1n) is 5.23. The average molecular weight is 236 g/mol. The van der Waals surface area contributed by atoms with Crippen LogP contribution in [0.3, 0.4) is 0 Å². The first-order chi connectivity index (χ1) is 6.83. The maximum Gasteiger partial charge on any atom is 0.220 e. The van der Waals surface area contributed by atoms with Crippen LogP contribution in [0.5, 0.6) is 0 Å². The number of carbonyl (C=O) groups is 1. The maximum absolute atomic E-state index is 11.3. The molecule has 0 saturated carbocycles. The summed E-state index contributed by atoms with van der Waals surface area (Å²) in [5, 5.41) is 2.98. The van der Waals surface area contributed by atoms with E-state index in [1.807, 2.05) is 11.8 Å². The lowest BCUT2D eigenvalue weighted by Crippen LogP contribution is -2.30. The minimum absolute atomic E-state index is 0.156. The Morgan fingerprint density at radius 3 is 2.79 bits per heavy atom. The summed E-state index contributed by atoms with van der Waals surface area (Å²) < 4.78 is 0. The smallest absolute Gasteiger partial charge is 0.220 e. The summed E-state index contributed by atoms with van der Waals surface area (Å²) in [5.41, 5.74) is 0. The molecule has 1 heterocycles. The molecule has 0 aromatic carbocycles. The summed E-state index contributed by atoms with van der Waals surface area (Å²) in [4.78, 5) is 11.3. The van der Waals surface area contributed by atoms with Crippen molar-refractivity contribution in [3.63, 3.8) is 0 Å². The molecule has 1 amide bonds. The van der Waals surface area contributed by atoms with Crippen molar-refractivity contribution >= 4 is 29.3 Å². The van der Waals surface area contributed by atoms with Gasteiger partial charge in [-0.15, -0.1) is 11.6 Å². The zero-order valence-corrected chi connectivity index (χ0v) is 10.0. The van der Waals surface area contributed by atoms with Gasteiger partial charge in [0, 0.05) is 18.8 Å². The molecular weight excluding hydrogens is 218 g/mol. The van der Waals surface area contributed by atoms with Gasteiger partial charge in [-0.3, -0.25) is 4.79 Å². The van der Waals surface area contributed by atoms with Gasteiger partial charge in [0.2, 0.25) is 5.91 Å². The average Bonchev–Trinajstić information content (AvgIpc) is 2.25. The first-order valence-corrected chi connectivity index (χ1v) is 6.92. The summed E-state index contributed by atoms with van der Waals surface area (Å²) in [6.07, 6.45) is 3.86. The molecule has 0 spiro atoms. The van der Waals surface area contributed by atoms with Gasteiger partial charge >= 0.3 is 0 Å². The number of halogens is 1. The Hall–Kier alpha value is 0.110. The van der Waals surface area contributed by atoms with Gasteiger partial charge in [0.25, 0.3) is 0 Å². The molecule has 4 heteroatoms. The van der Waals surface area contributed by atoms with Gasteiger partial charge < -0.3 is 5.32 Å². The summed E-state index contributed by atoms with van der Waals surface area (Å²) in [6, 6.07) is 0. The quantitative estimate of drug-likeness (QED) is 0.741. The number of thioether (sulfide) groups is 1. The van der Waals surface area contributed by atoms with Crippen LogP contribution < -0.4 is 5.32 Å². The normalized spacial score (nSPS) is 18.1. The highest BCUT2D eigenvalue weighted by molar-refractivity contribution is 7.99. The van der Waals surface area contributed by atoms with E-state index >= 15 is 0 Å². The van der Waals surface area contributed by atoms with Crippen molar-refractivity contribution in [1.29, 1.82) is 0 Å². The van der Waals surface area contributed by atoms with Crippen LogP contribution in [0.25, 0.3) is 0 Å². The van der Waals surface area contributed by atoms with Crippen molar-refractivity contribution in [2.45, 2.75) is 25.7 Å². The fraction of sp³-hybridized carbons (Fsp3) is 0.900. The van der Waals surface area contributed by atoms with E-state index in [0.717, 1.165) is 13.0 Å². The molecule has 0 bridgehead atoms. The van der Waals surface area contributed by atoms with Crippen molar-refractivity contribution in [1.82, 2.24) is 5.32 Å². The second-order valence-corrected chi connectivity index (χ2v) is 5.26. The number of hydrogen-bond donors (Lipinski definition) is 1. The molecule has 0 unspecified atom stereocenters. The molecule has 1 aliphatic heterocycles. The fourth-order valence-corrected chi connectivity index (χ4v) is 2.86. The molecule has 82 valence electrons. The highest BCUT2D eigenvalue weighted by Gasteiger charge is 2.14. The van der Waals surface area contributed by atoms with Crippen LogP contribution in [-0.4, -0.2) is 29.8 Å². The Morgan fingerprint density at radius 1 is 1.43 bits per heavy atom. The topological polar surface area (TPSA) is 29.1 Å². The van der Waals surface area contributed by atoms with E-state index in [4.69, 9.17) is 11.6 Å². The first kappa shape index (κ1) is 12.2. The molecule has 0 aromatic heterocycles. The highest BCUT2D eigenvalue weighted by Crippen LogP contribution is 2.21. The molecule has 0 radical (unpaired) electrons. The van der Waals surface area contributed by atoms with Crippen LogP contribution in [0.15, 0.2) is 0 Å². The summed E-state index contributed by atoms with van der Waals surface area (Å²) in [5.74, 6) is 3.94. The summed E-state index contributed by atoms with van der Waals surface area (Å²) in [6.45, 7) is 0.863. The van der Waals surface area contributed by atoms with Crippen LogP contribution in [0, 0.1) is 5.92 Å². The van der Waals surface area contributed by atoms with Crippen LogP contribution in [0.4, 0.5) is 0 Å². The van der Waals surface area contributed by atoms with E-state index in [0.29, 0.717) is 18.2 Å². The van der Waals surface area contributed by atoms with Crippen LogP contribution in [0.1, 0.15) is 25.7 Å². The molecular formula is C10H18ClNOS. The predicted molar refractivity (Wildman–Crippen MR) is 63.0 cm³/mol. The molecule has 1 aliphatic rings. The number of rotatable bonds is 5. The van der Waals surface area contributed by atoms with Gasteiger partial charge in [-0.25, -0.2) is 0 Å². The van der Waals surface area contributed by atoms with E-state index in [1.54, 1.807) is 0 Å². The minimum atomic E-state index is 0.156. The second kappa shape index (κ2) is 7.41. The van der Waals surface area contributed by atoms with E-state index < -0.39 is 0 Å². The van der Waals surface area contributed by atoms with E-state index in [2.05, 4.69) is 5.32 Å². The number of amides is 1. The minimum Gasteiger partial charge on any atom is -0.356 e. The fourth-order valence-electron chi connectivity index (χ4n) is 1.52. The van der Waals surface area contributed by atoms with Crippen molar-refractivity contribution in [3.05, 3.63) is 0 Å².